The van der Waals surface area contributed by atoms with Crippen LogP contribution >= 0.6 is 0 Å². The average molecular weight is 214 g/mol. The standard InChI is InChI=1S/C13H26.2CH4/c1-8-11(2)9-13(6,7)10-12(3,4)5;;/h2,8-10H2,1,3-7H3;2*1H4. The third kappa shape index (κ3) is 11.7. The van der Waals surface area contributed by atoms with E-state index in [1.54, 1.807) is 0 Å². The minimum absolute atomic E-state index is 0. The summed E-state index contributed by atoms with van der Waals surface area (Å²) in [4.78, 5) is 0. The number of rotatable bonds is 4. The Hall–Kier alpha value is -0.260. The van der Waals surface area contributed by atoms with Gasteiger partial charge >= 0.3 is 0 Å². The van der Waals surface area contributed by atoms with E-state index in [-0.39, 0.29) is 14.9 Å². The second-order valence-corrected chi connectivity index (χ2v) is 6.18. The summed E-state index contributed by atoms with van der Waals surface area (Å²) in [6.07, 6.45) is 3.55. The number of hydrogen-bond acceptors (Lipinski definition) is 0. The van der Waals surface area contributed by atoms with Gasteiger partial charge in [-0.25, -0.2) is 0 Å². The molecule has 0 aromatic heterocycles. The second-order valence-electron chi connectivity index (χ2n) is 6.18. The number of allylic oxidation sites excluding steroid dienone is 1. The smallest absolute Gasteiger partial charge is 0.0271 e. The van der Waals surface area contributed by atoms with Gasteiger partial charge in [-0.3, -0.25) is 0 Å². The molecule has 0 aliphatic heterocycles. The van der Waals surface area contributed by atoms with Gasteiger partial charge in [-0.15, -0.1) is 0 Å². The van der Waals surface area contributed by atoms with Crippen molar-refractivity contribution in [1.82, 2.24) is 0 Å². The van der Waals surface area contributed by atoms with Crippen LogP contribution in [0.1, 0.15) is 75.7 Å². The van der Waals surface area contributed by atoms with E-state index in [2.05, 4.69) is 48.1 Å². The minimum Gasteiger partial charge on any atom is -0.0999 e. The van der Waals surface area contributed by atoms with Crippen molar-refractivity contribution in [1.29, 1.82) is 0 Å². The predicted octanol–water partition coefficient (Wildman–Crippen LogP) is 6.08. The molecular weight excluding hydrogens is 180 g/mol. The van der Waals surface area contributed by atoms with Gasteiger partial charge in [-0.2, -0.15) is 0 Å². The summed E-state index contributed by atoms with van der Waals surface area (Å²) in [5, 5.41) is 0. The van der Waals surface area contributed by atoms with Crippen LogP contribution < -0.4 is 0 Å². The SMILES string of the molecule is C.C.C=C(CC)CC(C)(C)CC(C)(C)C. The normalized spacial score (nSPS) is 11.3. The van der Waals surface area contributed by atoms with Gasteiger partial charge in [-0.05, 0) is 30.1 Å². The summed E-state index contributed by atoms with van der Waals surface area (Å²) < 4.78 is 0. The summed E-state index contributed by atoms with van der Waals surface area (Å²) >= 11 is 0. The molecule has 0 amide bonds. The molecule has 0 saturated heterocycles. The molecule has 0 heterocycles. The molecule has 0 N–H and O–H groups in total. The summed E-state index contributed by atoms with van der Waals surface area (Å²) in [7, 11) is 0. The molecule has 0 aromatic rings. The zero-order valence-electron chi connectivity index (χ0n) is 10.3. The molecule has 0 rings (SSSR count). The van der Waals surface area contributed by atoms with Crippen LogP contribution in [0.2, 0.25) is 0 Å². The molecule has 15 heavy (non-hydrogen) atoms. The first-order chi connectivity index (χ1) is 5.66. The lowest BCUT2D eigenvalue weighted by molar-refractivity contribution is 0.210. The van der Waals surface area contributed by atoms with Crippen LogP contribution in [0.15, 0.2) is 12.2 Å². The fourth-order valence-corrected chi connectivity index (χ4v) is 2.30. The molecule has 0 aromatic carbocycles. The second kappa shape index (κ2) is 7.09. The molecule has 94 valence electrons. The highest BCUT2D eigenvalue weighted by atomic mass is 14.3. The topological polar surface area (TPSA) is 0 Å². The van der Waals surface area contributed by atoms with Crippen LogP contribution in [0.5, 0.6) is 0 Å². The summed E-state index contributed by atoms with van der Waals surface area (Å²) in [5.74, 6) is 0. The maximum atomic E-state index is 4.09. The van der Waals surface area contributed by atoms with Crippen LogP contribution in [0.25, 0.3) is 0 Å². The molecule has 0 spiro atoms. The fourth-order valence-electron chi connectivity index (χ4n) is 2.30. The van der Waals surface area contributed by atoms with E-state index in [0.29, 0.717) is 10.8 Å². The quantitative estimate of drug-likeness (QED) is 0.498. The monoisotopic (exact) mass is 214 g/mol. The van der Waals surface area contributed by atoms with Crippen molar-refractivity contribution in [2.24, 2.45) is 10.8 Å². The molecular formula is C15H34. The Morgan fingerprint density at radius 1 is 1.00 bits per heavy atom. The van der Waals surface area contributed by atoms with Crippen LogP contribution in [0.3, 0.4) is 0 Å². The zero-order valence-corrected chi connectivity index (χ0v) is 10.3. The van der Waals surface area contributed by atoms with Crippen LogP contribution in [0, 0.1) is 10.8 Å². The Bertz CT molecular complexity index is 167. The van der Waals surface area contributed by atoms with E-state index in [1.807, 2.05) is 0 Å². The summed E-state index contributed by atoms with van der Waals surface area (Å²) in [6.45, 7) is 17.9. The van der Waals surface area contributed by atoms with Gasteiger partial charge in [0.2, 0.25) is 0 Å². The van der Waals surface area contributed by atoms with Gasteiger partial charge in [0.25, 0.3) is 0 Å². The Kier molecular flexibility index (Phi) is 9.54. The average Bonchev–Trinajstić information content (AvgIpc) is 1.80. The summed E-state index contributed by atoms with van der Waals surface area (Å²) in [5.41, 5.74) is 2.22. The van der Waals surface area contributed by atoms with Gasteiger partial charge < -0.3 is 0 Å². The molecule has 0 saturated carbocycles. The van der Waals surface area contributed by atoms with E-state index in [4.69, 9.17) is 0 Å². The van der Waals surface area contributed by atoms with Crippen molar-refractivity contribution in [3.63, 3.8) is 0 Å². The van der Waals surface area contributed by atoms with Crippen molar-refractivity contribution < 1.29 is 0 Å². The molecule has 0 unspecified atom stereocenters. The molecule has 0 aliphatic rings. The molecule has 0 nitrogen and oxygen atoms in total. The van der Waals surface area contributed by atoms with E-state index >= 15 is 0 Å². The van der Waals surface area contributed by atoms with Crippen LogP contribution in [0.4, 0.5) is 0 Å². The molecule has 0 fully saturated rings. The fraction of sp³-hybridized carbons (Fsp3) is 0.867. The zero-order chi connectivity index (χ0) is 10.7. The molecule has 0 heteroatoms. The van der Waals surface area contributed by atoms with Crippen molar-refractivity contribution in [2.45, 2.75) is 75.7 Å². The van der Waals surface area contributed by atoms with Gasteiger partial charge in [-0.1, -0.05) is 68.5 Å². The van der Waals surface area contributed by atoms with Gasteiger partial charge in [0.05, 0.1) is 0 Å². The van der Waals surface area contributed by atoms with Gasteiger partial charge in [0.1, 0.15) is 0 Å². The Morgan fingerprint density at radius 2 is 1.40 bits per heavy atom. The van der Waals surface area contributed by atoms with Crippen LogP contribution in [-0.2, 0) is 0 Å². The van der Waals surface area contributed by atoms with Gasteiger partial charge in [0, 0.05) is 0 Å². The van der Waals surface area contributed by atoms with E-state index in [0.717, 1.165) is 6.42 Å². The van der Waals surface area contributed by atoms with E-state index < -0.39 is 0 Å². The first kappa shape index (κ1) is 20.2. The largest absolute Gasteiger partial charge is 0.0999 e. The Balaban J connectivity index is -0.000000720. The van der Waals surface area contributed by atoms with Crippen LogP contribution in [-0.4, -0.2) is 0 Å². The van der Waals surface area contributed by atoms with Crippen molar-refractivity contribution in [3.8, 4) is 0 Å². The highest BCUT2D eigenvalue weighted by Crippen LogP contribution is 2.37. The lowest BCUT2D eigenvalue weighted by Crippen LogP contribution is -2.21. The van der Waals surface area contributed by atoms with E-state index in [1.165, 1.54) is 18.4 Å². The van der Waals surface area contributed by atoms with E-state index in [9.17, 15) is 0 Å². The molecule has 0 aliphatic carbocycles. The highest BCUT2D eigenvalue weighted by molar-refractivity contribution is 4.98. The summed E-state index contributed by atoms with van der Waals surface area (Å²) in [6, 6.07) is 0. The maximum Gasteiger partial charge on any atom is -0.0271 e. The first-order valence-electron chi connectivity index (χ1n) is 5.33. The number of hydrogen-bond donors (Lipinski definition) is 0. The van der Waals surface area contributed by atoms with Crippen molar-refractivity contribution in [2.75, 3.05) is 0 Å². The molecule has 0 bridgehead atoms. The van der Waals surface area contributed by atoms with Crippen molar-refractivity contribution >= 4 is 0 Å². The Labute approximate surface area is 99.2 Å². The third-order valence-electron chi connectivity index (χ3n) is 2.24. The maximum absolute atomic E-state index is 4.09. The highest BCUT2D eigenvalue weighted by Gasteiger charge is 2.25. The van der Waals surface area contributed by atoms with Crippen molar-refractivity contribution in [3.05, 3.63) is 12.2 Å². The molecule has 0 atom stereocenters. The molecule has 0 radical (unpaired) electrons. The Morgan fingerprint density at radius 3 is 1.67 bits per heavy atom. The third-order valence-corrected chi connectivity index (χ3v) is 2.24. The lowest BCUT2D eigenvalue weighted by atomic mass is 9.73. The predicted molar refractivity (Wildman–Crippen MR) is 75.4 cm³/mol. The first-order valence-corrected chi connectivity index (χ1v) is 5.33. The van der Waals surface area contributed by atoms with Gasteiger partial charge in [0.15, 0.2) is 0 Å². The minimum atomic E-state index is 0. The lowest BCUT2D eigenvalue weighted by Gasteiger charge is -2.33.